The Morgan fingerprint density at radius 2 is 2.17 bits per heavy atom. The second-order valence-electron chi connectivity index (χ2n) is 4.65. The molecule has 0 aliphatic carbocycles. The van der Waals surface area contributed by atoms with Crippen LogP contribution in [0.15, 0.2) is 18.2 Å². The van der Waals surface area contributed by atoms with Crippen LogP contribution in [0.5, 0.6) is 0 Å². The van der Waals surface area contributed by atoms with Gasteiger partial charge in [-0.2, -0.15) is 4.39 Å². The Kier molecular flexibility index (Phi) is 2.80. The van der Waals surface area contributed by atoms with Gasteiger partial charge in [-0.1, -0.05) is 6.07 Å². The fourth-order valence-electron chi connectivity index (χ4n) is 2.29. The van der Waals surface area contributed by atoms with Gasteiger partial charge in [0.1, 0.15) is 0 Å². The zero-order valence-electron chi connectivity index (χ0n) is 10.1. The second kappa shape index (κ2) is 4.04. The zero-order valence-corrected chi connectivity index (χ0v) is 10.1. The number of rotatable bonds is 2. The standard InChI is InChI=1S/C12H13FN2O3/c1-12(6-5-11(16)14(12)2)8-3-4-9(13)10(7-8)15(17)18/h3-4,7H,5-6H2,1-2H3. The molecular weight excluding hydrogens is 239 g/mol. The first kappa shape index (κ1) is 12.5. The van der Waals surface area contributed by atoms with Crippen molar-refractivity contribution in [2.45, 2.75) is 25.3 Å². The maximum Gasteiger partial charge on any atom is 0.305 e. The molecule has 1 saturated heterocycles. The average Bonchev–Trinajstić information content (AvgIpc) is 2.58. The summed E-state index contributed by atoms with van der Waals surface area (Å²) in [5.41, 5.74) is -0.569. The van der Waals surface area contributed by atoms with E-state index in [0.29, 0.717) is 18.4 Å². The van der Waals surface area contributed by atoms with Crippen LogP contribution in [0.25, 0.3) is 0 Å². The zero-order chi connectivity index (χ0) is 13.5. The lowest BCUT2D eigenvalue weighted by Gasteiger charge is -2.32. The SMILES string of the molecule is CN1C(=O)CCC1(C)c1ccc(F)c([N+](=O)[O-])c1. The maximum atomic E-state index is 13.3. The minimum atomic E-state index is -0.862. The summed E-state index contributed by atoms with van der Waals surface area (Å²) in [5.74, 6) is -0.871. The van der Waals surface area contributed by atoms with Gasteiger partial charge < -0.3 is 4.90 Å². The molecule has 18 heavy (non-hydrogen) atoms. The van der Waals surface area contributed by atoms with Gasteiger partial charge in [-0.15, -0.1) is 0 Å². The van der Waals surface area contributed by atoms with Crippen LogP contribution in [0, 0.1) is 15.9 Å². The van der Waals surface area contributed by atoms with Crippen LogP contribution in [0.2, 0.25) is 0 Å². The molecule has 2 rings (SSSR count). The highest BCUT2D eigenvalue weighted by atomic mass is 19.1. The molecule has 1 atom stereocenters. The highest BCUT2D eigenvalue weighted by Gasteiger charge is 2.41. The Hall–Kier alpha value is -1.98. The first-order chi connectivity index (χ1) is 8.36. The van der Waals surface area contributed by atoms with Gasteiger partial charge in [-0.05, 0) is 25.0 Å². The molecular formula is C12H13FN2O3. The van der Waals surface area contributed by atoms with E-state index in [1.54, 1.807) is 11.9 Å². The molecule has 0 radical (unpaired) electrons. The molecule has 5 nitrogen and oxygen atoms in total. The molecule has 1 unspecified atom stereocenters. The molecule has 1 aliphatic heterocycles. The molecule has 1 aliphatic rings. The summed E-state index contributed by atoms with van der Waals surface area (Å²) in [5, 5.41) is 10.7. The van der Waals surface area contributed by atoms with Gasteiger partial charge in [0.15, 0.2) is 0 Å². The average molecular weight is 252 g/mol. The van der Waals surface area contributed by atoms with E-state index in [1.807, 2.05) is 6.92 Å². The van der Waals surface area contributed by atoms with Crippen molar-refractivity contribution in [1.82, 2.24) is 4.90 Å². The van der Waals surface area contributed by atoms with E-state index in [0.717, 1.165) is 6.07 Å². The lowest BCUT2D eigenvalue weighted by atomic mass is 9.89. The van der Waals surface area contributed by atoms with Crippen LogP contribution < -0.4 is 0 Å². The van der Waals surface area contributed by atoms with Crippen molar-refractivity contribution in [2.24, 2.45) is 0 Å². The number of amides is 1. The lowest BCUT2D eigenvalue weighted by molar-refractivity contribution is -0.387. The molecule has 1 amide bonds. The fraction of sp³-hybridized carbons (Fsp3) is 0.417. The van der Waals surface area contributed by atoms with Gasteiger partial charge in [-0.25, -0.2) is 0 Å². The van der Waals surface area contributed by atoms with Crippen molar-refractivity contribution in [3.63, 3.8) is 0 Å². The first-order valence-corrected chi connectivity index (χ1v) is 5.57. The van der Waals surface area contributed by atoms with Crippen LogP contribution in [0.1, 0.15) is 25.3 Å². The molecule has 0 aromatic heterocycles. The second-order valence-corrected chi connectivity index (χ2v) is 4.65. The maximum absolute atomic E-state index is 13.3. The smallest absolute Gasteiger partial charge is 0.305 e. The minimum Gasteiger partial charge on any atom is -0.336 e. The molecule has 1 aromatic carbocycles. The molecule has 1 fully saturated rings. The van der Waals surface area contributed by atoms with Gasteiger partial charge >= 0.3 is 5.69 Å². The Morgan fingerprint density at radius 1 is 1.50 bits per heavy atom. The summed E-state index contributed by atoms with van der Waals surface area (Å²) in [6.07, 6.45) is 0.975. The summed E-state index contributed by atoms with van der Waals surface area (Å²) in [4.78, 5) is 23.1. The van der Waals surface area contributed by atoms with E-state index < -0.39 is 22.0 Å². The molecule has 96 valence electrons. The van der Waals surface area contributed by atoms with E-state index in [9.17, 15) is 19.3 Å². The molecule has 0 saturated carbocycles. The van der Waals surface area contributed by atoms with E-state index in [-0.39, 0.29) is 5.91 Å². The summed E-state index contributed by atoms with van der Waals surface area (Å²) in [7, 11) is 1.66. The summed E-state index contributed by atoms with van der Waals surface area (Å²) >= 11 is 0. The number of benzene rings is 1. The third-order valence-electron chi connectivity index (χ3n) is 3.70. The number of carbonyl (C=O) groups is 1. The van der Waals surface area contributed by atoms with Crippen molar-refractivity contribution in [3.8, 4) is 0 Å². The molecule has 0 bridgehead atoms. The summed E-state index contributed by atoms with van der Waals surface area (Å²) < 4.78 is 13.3. The van der Waals surface area contributed by atoms with Gasteiger partial charge in [0.25, 0.3) is 0 Å². The lowest BCUT2D eigenvalue weighted by Crippen LogP contribution is -2.37. The largest absolute Gasteiger partial charge is 0.336 e. The Labute approximate surface area is 103 Å². The van der Waals surface area contributed by atoms with Crippen LogP contribution in [0.3, 0.4) is 0 Å². The highest BCUT2D eigenvalue weighted by molar-refractivity contribution is 5.79. The van der Waals surface area contributed by atoms with E-state index in [1.165, 1.54) is 12.1 Å². The van der Waals surface area contributed by atoms with Crippen LogP contribution in [-0.2, 0) is 10.3 Å². The number of halogens is 1. The van der Waals surface area contributed by atoms with Gasteiger partial charge in [0.2, 0.25) is 11.7 Å². The number of carbonyl (C=O) groups excluding carboxylic acids is 1. The number of nitro benzene ring substituents is 1. The van der Waals surface area contributed by atoms with Crippen LogP contribution in [-0.4, -0.2) is 22.8 Å². The van der Waals surface area contributed by atoms with Crippen LogP contribution in [0.4, 0.5) is 10.1 Å². The number of nitro groups is 1. The van der Waals surface area contributed by atoms with Crippen molar-refractivity contribution >= 4 is 11.6 Å². The molecule has 1 heterocycles. The summed E-state index contributed by atoms with van der Waals surface area (Å²) in [6.45, 7) is 1.83. The fourth-order valence-corrected chi connectivity index (χ4v) is 2.29. The Morgan fingerprint density at radius 3 is 2.67 bits per heavy atom. The number of nitrogens with zero attached hydrogens (tertiary/aromatic N) is 2. The van der Waals surface area contributed by atoms with Crippen molar-refractivity contribution < 1.29 is 14.1 Å². The van der Waals surface area contributed by atoms with E-state index in [4.69, 9.17) is 0 Å². The van der Waals surface area contributed by atoms with Gasteiger partial charge in [0.05, 0.1) is 10.5 Å². The van der Waals surface area contributed by atoms with Crippen LogP contribution >= 0.6 is 0 Å². The monoisotopic (exact) mass is 252 g/mol. The minimum absolute atomic E-state index is 0.00974. The van der Waals surface area contributed by atoms with Gasteiger partial charge in [-0.3, -0.25) is 14.9 Å². The molecule has 0 N–H and O–H groups in total. The van der Waals surface area contributed by atoms with Crippen molar-refractivity contribution in [3.05, 3.63) is 39.7 Å². The van der Waals surface area contributed by atoms with E-state index >= 15 is 0 Å². The van der Waals surface area contributed by atoms with Crippen molar-refractivity contribution in [2.75, 3.05) is 7.05 Å². The van der Waals surface area contributed by atoms with Crippen molar-refractivity contribution in [1.29, 1.82) is 0 Å². The van der Waals surface area contributed by atoms with Gasteiger partial charge in [0, 0.05) is 19.5 Å². The van der Waals surface area contributed by atoms with E-state index in [2.05, 4.69) is 0 Å². The third-order valence-corrected chi connectivity index (χ3v) is 3.70. The molecule has 1 aromatic rings. The molecule has 0 spiro atoms. The number of hydrogen-bond acceptors (Lipinski definition) is 3. The Bertz CT molecular complexity index is 532. The quantitative estimate of drug-likeness (QED) is 0.598. The number of hydrogen-bond donors (Lipinski definition) is 0. The first-order valence-electron chi connectivity index (χ1n) is 5.57. The normalized spacial score (nSPS) is 23.5. The summed E-state index contributed by atoms with van der Waals surface area (Å²) in [6, 6.07) is 3.79. The molecule has 6 heteroatoms. The predicted molar refractivity (Wildman–Crippen MR) is 62.4 cm³/mol. The highest BCUT2D eigenvalue weighted by Crippen LogP contribution is 2.39. The topological polar surface area (TPSA) is 63.5 Å². The number of likely N-dealkylation sites (tertiary alicyclic amines) is 1. The third kappa shape index (κ3) is 1.73. The predicted octanol–water partition coefficient (Wildman–Crippen LogP) is 2.20. The Balaban J connectivity index is 2.49.